The minimum Gasteiger partial charge on any atom is -0.436 e. The number of carbonyl (C=O) groups excluding carboxylic acids is 1. The summed E-state index contributed by atoms with van der Waals surface area (Å²) < 4.78 is 19.2. The number of carbonyl (C=O) groups is 1. The van der Waals surface area contributed by atoms with Crippen molar-refractivity contribution in [2.45, 2.75) is 26.2 Å². The van der Waals surface area contributed by atoms with Gasteiger partial charge in [0, 0.05) is 16.8 Å². The van der Waals surface area contributed by atoms with E-state index >= 15 is 0 Å². The van der Waals surface area contributed by atoms with Crippen LogP contribution in [-0.2, 0) is 0 Å². The molecule has 0 aliphatic carbocycles. The van der Waals surface area contributed by atoms with Gasteiger partial charge in [0.1, 0.15) is 11.3 Å². The molecule has 0 saturated heterocycles. The standard InChI is InChI=1S/C24H21FN2O2/c1-3-15(2)17-9-12-22-21(14-17)27-24(29-22)16-7-10-20(11-8-16)26-23(28)18-5-4-6-19(25)13-18/h4-15H,3H2,1-2H3,(H,26,28)/t15-/m0/s1. The number of hydrogen-bond acceptors (Lipinski definition) is 3. The van der Waals surface area contributed by atoms with Crippen LogP contribution in [0.5, 0.6) is 0 Å². The molecular weight excluding hydrogens is 367 g/mol. The average molecular weight is 388 g/mol. The summed E-state index contributed by atoms with van der Waals surface area (Å²) >= 11 is 0. The zero-order chi connectivity index (χ0) is 20.4. The van der Waals surface area contributed by atoms with Gasteiger partial charge in [-0.15, -0.1) is 0 Å². The fraction of sp³-hybridized carbons (Fsp3) is 0.167. The van der Waals surface area contributed by atoms with Gasteiger partial charge in [0.15, 0.2) is 5.58 Å². The Morgan fingerprint density at radius 3 is 2.62 bits per heavy atom. The SMILES string of the molecule is CC[C@H](C)c1ccc2oc(-c3ccc(NC(=O)c4cccc(F)c4)cc3)nc2c1. The molecule has 1 aromatic heterocycles. The van der Waals surface area contributed by atoms with E-state index in [4.69, 9.17) is 4.42 Å². The first-order valence-electron chi connectivity index (χ1n) is 9.61. The Morgan fingerprint density at radius 2 is 1.90 bits per heavy atom. The van der Waals surface area contributed by atoms with Crippen LogP contribution in [0.4, 0.5) is 10.1 Å². The summed E-state index contributed by atoms with van der Waals surface area (Å²) in [7, 11) is 0. The number of hydrogen-bond donors (Lipinski definition) is 1. The van der Waals surface area contributed by atoms with Crippen LogP contribution in [0.1, 0.15) is 42.1 Å². The number of nitrogens with zero attached hydrogens (tertiary/aromatic N) is 1. The van der Waals surface area contributed by atoms with Gasteiger partial charge in [-0.2, -0.15) is 0 Å². The molecule has 0 bridgehead atoms. The molecule has 4 rings (SSSR count). The monoisotopic (exact) mass is 388 g/mol. The van der Waals surface area contributed by atoms with Crippen molar-refractivity contribution in [3.05, 3.63) is 83.7 Å². The smallest absolute Gasteiger partial charge is 0.255 e. The first kappa shape index (κ1) is 18.9. The van der Waals surface area contributed by atoms with Crippen molar-refractivity contribution in [3.8, 4) is 11.5 Å². The highest BCUT2D eigenvalue weighted by atomic mass is 19.1. The lowest BCUT2D eigenvalue weighted by molar-refractivity contribution is 0.102. The molecule has 146 valence electrons. The van der Waals surface area contributed by atoms with Crippen LogP contribution >= 0.6 is 0 Å². The van der Waals surface area contributed by atoms with Gasteiger partial charge in [0.25, 0.3) is 5.91 Å². The number of benzene rings is 3. The molecule has 0 saturated carbocycles. The molecule has 1 N–H and O–H groups in total. The molecule has 4 aromatic rings. The maximum atomic E-state index is 13.3. The Labute approximate surface area is 168 Å². The summed E-state index contributed by atoms with van der Waals surface area (Å²) in [5.74, 6) is 0.196. The van der Waals surface area contributed by atoms with E-state index < -0.39 is 5.82 Å². The molecule has 0 aliphatic rings. The Hall–Kier alpha value is -3.47. The molecule has 5 heteroatoms. The summed E-state index contributed by atoms with van der Waals surface area (Å²) in [4.78, 5) is 16.9. The number of rotatable bonds is 5. The summed E-state index contributed by atoms with van der Waals surface area (Å²) in [5, 5.41) is 2.76. The van der Waals surface area contributed by atoms with Crippen molar-refractivity contribution in [1.82, 2.24) is 4.98 Å². The van der Waals surface area contributed by atoms with E-state index in [1.807, 2.05) is 18.2 Å². The maximum absolute atomic E-state index is 13.3. The van der Waals surface area contributed by atoms with Gasteiger partial charge in [0.05, 0.1) is 0 Å². The van der Waals surface area contributed by atoms with Gasteiger partial charge in [0.2, 0.25) is 5.89 Å². The molecule has 1 amide bonds. The number of aromatic nitrogens is 1. The van der Waals surface area contributed by atoms with Crippen molar-refractivity contribution < 1.29 is 13.6 Å². The van der Waals surface area contributed by atoms with Crippen LogP contribution in [-0.4, -0.2) is 10.9 Å². The predicted molar refractivity (Wildman–Crippen MR) is 113 cm³/mol. The molecule has 3 aromatic carbocycles. The van der Waals surface area contributed by atoms with Gasteiger partial charge >= 0.3 is 0 Å². The molecular formula is C24H21FN2O2. The van der Waals surface area contributed by atoms with Gasteiger partial charge in [-0.05, 0) is 72.5 Å². The lowest BCUT2D eigenvalue weighted by Crippen LogP contribution is -2.11. The second kappa shape index (κ2) is 7.87. The van der Waals surface area contributed by atoms with Gasteiger partial charge < -0.3 is 9.73 Å². The topological polar surface area (TPSA) is 55.1 Å². The third-order valence-corrected chi connectivity index (χ3v) is 5.07. The third kappa shape index (κ3) is 4.04. The van der Waals surface area contributed by atoms with Crippen LogP contribution in [0.25, 0.3) is 22.6 Å². The largest absolute Gasteiger partial charge is 0.436 e. The Morgan fingerprint density at radius 1 is 1.10 bits per heavy atom. The summed E-state index contributed by atoms with van der Waals surface area (Å²) in [6.45, 7) is 4.36. The van der Waals surface area contributed by atoms with Crippen molar-refractivity contribution >= 4 is 22.7 Å². The number of fused-ring (bicyclic) bond motifs is 1. The zero-order valence-corrected chi connectivity index (χ0v) is 16.3. The summed E-state index contributed by atoms with van der Waals surface area (Å²) in [6.07, 6.45) is 1.07. The average Bonchev–Trinajstić information content (AvgIpc) is 3.17. The zero-order valence-electron chi connectivity index (χ0n) is 16.3. The number of halogens is 1. The maximum Gasteiger partial charge on any atom is 0.255 e. The van der Waals surface area contributed by atoms with E-state index in [1.165, 1.54) is 23.8 Å². The molecule has 1 heterocycles. The predicted octanol–water partition coefficient (Wildman–Crippen LogP) is 6.40. The molecule has 1 atom stereocenters. The highest BCUT2D eigenvalue weighted by Crippen LogP contribution is 2.28. The fourth-order valence-electron chi connectivity index (χ4n) is 3.14. The van der Waals surface area contributed by atoms with Crippen molar-refractivity contribution in [2.24, 2.45) is 0 Å². The molecule has 0 radical (unpaired) electrons. The molecule has 0 aliphatic heterocycles. The van der Waals surface area contributed by atoms with Crippen molar-refractivity contribution in [2.75, 3.05) is 5.32 Å². The Bertz CT molecular complexity index is 1170. The second-order valence-corrected chi connectivity index (χ2v) is 7.10. The van der Waals surface area contributed by atoms with E-state index in [-0.39, 0.29) is 11.5 Å². The first-order valence-corrected chi connectivity index (χ1v) is 9.61. The normalized spacial score (nSPS) is 12.1. The Balaban J connectivity index is 1.53. The van der Waals surface area contributed by atoms with E-state index in [9.17, 15) is 9.18 Å². The van der Waals surface area contributed by atoms with Gasteiger partial charge in [-0.3, -0.25) is 4.79 Å². The van der Waals surface area contributed by atoms with Crippen LogP contribution in [0.15, 0.2) is 71.1 Å². The molecule has 0 spiro atoms. The number of oxazole rings is 1. The van der Waals surface area contributed by atoms with Crippen LogP contribution in [0, 0.1) is 5.82 Å². The van der Waals surface area contributed by atoms with Crippen LogP contribution in [0.2, 0.25) is 0 Å². The highest BCUT2D eigenvalue weighted by molar-refractivity contribution is 6.04. The third-order valence-electron chi connectivity index (χ3n) is 5.07. The minimum absolute atomic E-state index is 0.269. The fourth-order valence-corrected chi connectivity index (χ4v) is 3.14. The molecule has 29 heavy (non-hydrogen) atoms. The van der Waals surface area contributed by atoms with Crippen molar-refractivity contribution in [1.29, 1.82) is 0 Å². The lowest BCUT2D eigenvalue weighted by atomic mass is 9.98. The van der Waals surface area contributed by atoms with E-state index in [1.54, 1.807) is 18.2 Å². The lowest BCUT2D eigenvalue weighted by Gasteiger charge is -2.07. The van der Waals surface area contributed by atoms with Crippen LogP contribution < -0.4 is 5.32 Å². The quantitative estimate of drug-likeness (QED) is 0.430. The highest BCUT2D eigenvalue weighted by Gasteiger charge is 2.12. The second-order valence-electron chi connectivity index (χ2n) is 7.10. The van der Waals surface area contributed by atoms with E-state index in [0.29, 0.717) is 17.5 Å². The van der Waals surface area contributed by atoms with Crippen LogP contribution in [0.3, 0.4) is 0 Å². The minimum atomic E-state index is -0.444. The van der Waals surface area contributed by atoms with E-state index in [2.05, 4.69) is 36.3 Å². The summed E-state index contributed by atoms with van der Waals surface area (Å²) in [6, 6.07) is 18.9. The first-order chi connectivity index (χ1) is 14.0. The van der Waals surface area contributed by atoms with Crippen molar-refractivity contribution in [3.63, 3.8) is 0 Å². The molecule has 0 unspecified atom stereocenters. The number of nitrogens with one attached hydrogen (secondary N) is 1. The Kier molecular flexibility index (Phi) is 5.12. The van der Waals surface area contributed by atoms with Gasteiger partial charge in [-0.25, -0.2) is 9.37 Å². The van der Waals surface area contributed by atoms with Gasteiger partial charge in [-0.1, -0.05) is 26.0 Å². The van der Waals surface area contributed by atoms with E-state index in [0.717, 1.165) is 23.1 Å². The summed E-state index contributed by atoms with van der Waals surface area (Å²) in [5.41, 5.74) is 4.52. The molecule has 0 fully saturated rings. The number of anilines is 1. The molecule has 4 nitrogen and oxygen atoms in total. The number of amides is 1.